The molecule has 0 bridgehead atoms. The van der Waals surface area contributed by atoms with Gasteiger partial charge in [-0.15, -0.1) is 0 Å². The summed E-state index contributed by atoms with van der Waals surface area (Å²) in [4.78, 5) is 11.8. The third-order valence-corrected chi connectivity index (χ3v) is 2.91. The van der Waals surface area contributed by atoms with Crippen LogP contribution in [0.15, 0.2) is 0 Å². The lowest BCUT2D eigenvalue weighted by atomic mass is 10.1. The van der Waals surface area contributed by atoms with Gasteiger partial charge in [0.25, 0.3) is 0 Å². The minimum Gasteiger partial charge on any atom is -0.461 e. The number of carbonyl (C=O) groups is 1. The molecule has 0 aliphatic heterocycles. The van der Waals surface area contributed by atoms with Gasteiger partial charge >= 0.3 is 5.97 Å². The molecule has 0 saturated heterocycles. The van der Waals surface area contributed by atoms with Crippen molar-refractivity contribution in [2.75, 3.05) is 26.4 Å². The molecule has 21 heavy (non-hydrogen) atoms. The van der Waals surface area contributed by atoms with Crippen LogP contribution in [0.4, 0.5) is 0 Å². The van der Waals surface area contributed by atoms with Crippen LogP contribution in [0.2, 0.25) is 0 Å². The van der Waals surface area contributed by atoms with E-state index in [1.54, 1.807) is 0 Å². The first-order valence-electron chi connectivity index (χ1n) is 7.41. The lowest BCUT2D eigenvalue weighted by molar-refractivity contribution is -0.163. The third-order valence-electron chi connectivity index (χ3n) is 2.91. The monoisotopic (exact) mass is 308 g/mol. The second-order valence-electron chi connectivity index (χ2n) is 4.97. The van der Waals surface area contributed by atoms with Crippen molar-refractivity contribution in [1.29, 1.82) is 0 Å². The van der Waals surface area contributed by atoms with Crippen LogP contribution >= 0.6 is 0 Å². The van der Waals surface area contributed by atoms with E-state index in [0.29, 0.717) is 6.42 Å². The average molecular weight is 308 g/mol. The standard InChI is InChI=1S/C14H28O7/c1-2-3-4-5-6-13(20-9-11(17)7-15)14(19)21-10-12(18)8-16/h11-13,15-18H,2-10H2,1H3. The summed E-state index contributed by atoms with van der Waals surface area (Å²) in [6, 6.07) is 0. The molecule has 0 aliphatic carbocycles. The number of unbranched alkanes of at least 4 members (excludes halogenated alkanes) is 3. The first kappa shape index (κ1) is 20.3. The van der Waals surface area contributed by atoms with Crippen LogP contribution in [0.25, 0.3) is 0 Å². The fourth-order valence-corrected chi connectivity index (χ4v) is 1.63. The SMILES string of the molecule is CCCCCCC(OCC(O)CO)C(=O)OCC(O)CO. The molecule has 0 aromatic rings. The molecule has 7 heteroatoms. The van der Waals surface area contributed by atoms with E-state index in [1.807, 2.05) is 0 Å². The quantitative estimate of drug-likeness (QED) is 0.270. The Labute approximate surface area is 125 Å². The third kappa shape index (κ3) is 10.6. The normalized spacial score (nSPS) is 15.5. The van der Waals surface area contributed by atoms with E-state index in [4.69, 9.17) is 24.8 Å². The first-order valence-corrected chi connectivity index (χ1v) is 7.41. The van der Waals surface area contributed by atoms with E-state index in [2.05, 4.69) is 6.92 Å². The Hall–Kier alpha value is -0.730. The number of rotatable bonds is 13. The van der Waals surface area contributed by atoms with Gasteiger partial charge in [0.1, 0.15) is 18.8 Å². The summed E-state index contributed by atoms with van der Waals surface area (Å²) in [6.45, 7) is 0.689. The van der Waals surface area contributed by atoms with Gasteiger partial charge in [-0.3, -0.25) is 0 Å². The molecule has 0 spiro atoms. The van der Waals surface area contributed by atoms with E-state index in [1.165, 1.54) is 0 Å². The minimum absolute atomic E-state index is 0.160. The lowest BCUT2D eigenvalue weighted by Gasteiger charge is -2.19. The summed E-state index contributed by atoms with van der Waals surface area (Å²) < 4.78 is 10.1. The zero-order valence-corrected chi connectivity index (χ0v) is 12.6. The molecule has 0 aromatic carbocycles. The number of carbonyl (C=O) groups excluding carboxylic acids is 1. The van der Waals surface area contributed by atoms with Crippen molar-refractivity contribution >= 4 is 5.97 Å². The van der Waals surface area contributed by atoms with Gasteiger partial charge in [0.2, 0.25) is 0 Å². The maximum Gasteiger partial charge on any atom is 0.335 e. The highest BCUT2D eigenvalue weighted by Gasteiger charge is 2.22. The topological polar surface area (TPSA) is 116 Å². The van der Waals surface area contributed by atoms with Gasteiger partial charge in [-0.1, -0.05) is 32.6 Å². The second-order valence-corrected chi connectivity index (χ2v) is 4.97. The average Bonchev–Trinajstić information content (AvgIpc) is 2.50. The Kier molecular flexibility index (Phi) is 12.5. The van der Waals surface area contributed by atoms with E-state index < -0.39 is 37.5 Å². The Morgan fingerprint density at radius 2 is 1.62 bits per heavy atom. The highest BCUT2D eigenvalue weighted by molar-refractivity contribution is 5.74. The summed E-state index contributed by atoms with van der Waals surface area (Å²) in [5.41, 5.74) is 0. The zero-order valence-electron chi connectivity index (χ0n) is 12.6. The number of hydrogen-bond donors (Lipinski definition) is 4. The molecule has 126 valence electrons. The van der Waals surface area contributed by atoms with Crippen LogP contribution in [0, 0.1) is 0 Å². The van der Waals surface area contributed by atoms with Crippen molar-refractivity contribution in [3.63, 3.8) is 0 Å². The predicted octanol–water partition coefficient (Wildman–Crippen LogP) is -0.408. The van der Waals surface area contributed by atoms with Crippen LogP contribution in [-0.4, -0.2) is 71.1 Å². The van der Waals surface area contributed by atoms with Crippen molar-refractivity contribution in [2.24, 2.45) is 0 Å². The Morgan fingerprint density at radius 3 is 2.19 bits per heavy atom. The highest BCUT2D eigenvalue weighted by Crippen LogP contribution is 2.11. The van der Waals surface area contributed by atoms with Gasteiger partial charge in [-0.2, -0.15) is 0 Å². The molecule has 0 aromatic heterocycles. The van der Waals surface area contributed by atoms with Crippen LogP contribution in [0.1, 0.15) is 39.0 Å². The summed E-state index contributed by atoms with van der Waals surface area (Å²) in [6.07, 6.45) is 1.33. The van der Waals surface area contributed by atoms with Gasteiger partial charge in [0.15, 0.2) is 6.10 Å². The number of ether oxygens (including phenoxy) is 2. The Bertz CT molecular complexity index is 260. The molecule has 0 fully saturated rings. The molecular weight excluding hydrogens is 280 g/mol. The maximum atomic E-state index is 11.8. The number of hydrogen-bond acceptors (Lipinski definition) is 7. The second kappa shape index (κ2) is 13.0. The van der Waals surface area contributed by atoms with Gasteiger partial charge in [-0.25, -0.2) is 4.79 Å². The number of aliphatic hydroxyl groups is 4. The van der Waals surface area contributed by atoms with Crippen molar-refractivity contribution in [2.45, 2.75) is 57.3 Å². The van der Waals surface area contributed by atoms with Crippen LogP contribution in [0.3, 0.4) is 0 Å². The van der Waals surface area contributed by atoms with Crippen molar-refractivity contribution in [1.82, 2.24) is 0 Å². The molecule has 0 amide bonds. The van der Waals surface area contributed by atoms with E-state index in [9.17, 15) is 9.90 Å². The van der Waals surface area contributed by atoms with Crippen molar-refractivity contribution in [3.8, 4) is 0 Å². The van der Waals surface area contributed by atoms with Gasteiger partial charge < -0.3 is 29.9 Å². The Balaban J connectivity index is 4.23. The lowest BCUT2D eigenvalue weighted by Crippen LogP contribution is -2.33. The van der Waals surface area contributed by atoms with Gasteiger partial charge in [-0.05, 0) is 6.42 Å². The molecule has 3 unspecified atom stereocenters. The maximum absolute atomic E-state index is 11.8. The summed E-state index contributed by atoms with van der Waals surface area (Å²) >= 11 is 0. The highest BCUT2D eigenvalue weighted by atomic mass is 16.6. The molecule has 0 saturated carbocycles. The molecule has 7 nitrogen and oxygen atoms in total. The molecule has 3 atom stereocenters. The summed E-state index contributed by atoms with van der Waals surface area (Å²) in [7, 11) is 0. The predicted molar refractivity (Wildman–Crippen MR) is 75.6 cm³/mol. The fourth-order valence-electron chi connectivity index (χ4n) is 1.63. The molecule has 4 N–H and O–H groups in total. The van der Waals surface area contributed by atoms with Gasteiger partial charge in [0, 0.05) is 0 Å². The zero-order chi connectivity index (χ0) is 16.1. The van der Waals surface area contributed by atoms with Gasteiger partial charge in [0.05, 0.1) is 19.8 Å². The van der Waals surface area contributed by atoms with E-state index in [-0.39, 0.29) is 13.2 Å². The van der Waals surface area contributed by atoms with Crippen LogP contribution in [0.5, 0.6) is 0 Å². The largest absolute Gasteiger partial charge is 0.461 e. The van der Waals surface area contributed by atoms with E-state index >= 15 is 0 Å². The molecule has 0 rings (SSSR count). The molecule has 0 heterocycles. The summed E-state index contributed by atoms with van der Waals surface area (Å²) in [5.74, 6) is -0.635. The smallest absolute Gasteiger partial charge is 0.335 e. The molecule has 0 aliphatic rings. The van der Waals surface area contributed by atoms with Crippen molar-refractivity contribution < 1.29 is 34.7 Å². The first-order chi connectivity index (χ1) is 10.0. The number of esters is 1. The minimum atomic E-state index is -1.11. The molecular formula is C14H28O7. The van der Waals surface area contributed by atoms with Crippen molar-refractivity contribution in [3.05, 3.63) is 0 Å². The fraction of sp³-hybridized carbons (Fsp3) is 0.929. The number of aliphatic hydroxyl groups excluding tert-OH is 4. The van der Waals surface area contributed by atoms with E-state index in [0.717, 1.165) is 25.7 Å². The van der Waals surface area contributed by atoms with Crippen LogP contribution < -0.4 is 0 Å². The Morgan fingerprint density at radius 1 is 1.00 bits per heavy atom. The van der Waals surface area contributed by atoms with Crippen LogP contribution in [-0.2, 0) is 14.3 Å². The summed E-state index contributed by atoms with van der Waals surface area (Å²) in [5, 5.41) is 35.8. The molecule has 0 radical (unpaired) electrons.